The van der Waals surface area contributed by atoms with Crippen molar-refractivity contribution in [1.82, 2.24) is 0 Å². The summed E-state index contributed by atoms with van der Waals surface area (Å²) in [7, 11) is 0. The van der Waals surface area contributed by atoms with Crippen molar-refractivity contribution in [2.75, 3.05) is 13.2 Å². The summed E-state index contributed by atoms with van der Waals surface area (Å²) in [5.41, 5.74) is -8.12. The Morgan fingerprint density at radius 2 is 0.545 bits per heavy atom. The van der Waals surface area contributed by atoms with E-state index in [4.69, 9.17) is 23.7 Å². The lowest BCUT2D eigenvalue weighted by Gasteiger charge is -2.44. The Morgan fingerprint density at radius 1 is 0.330 bits per heavy atom. The molecule has 0 aliphatic carbocycles. The highest BCUT2D eigenvalue weighted by Crippen LogP contribution is 2.38. The van der Waals surface area contributed by atoms with Crippen molar-refractivity contribution in [1.29, 1.82) is 0 Å². The van der Waals surface area contributed by atoms with Gasteiger partial charge in [0.2, 0.25) is 6.10 Å². The Bertz CT molecular complexity index is 1660. The fraction of sp³-hybridized carbons (Fsp3) is 0.905. The molecule has 0 heterocycles. The number of carboxylic acids is 2. The lowest BCUT2D eigenvalue weighted by Crippen LogP contribution is -2.71. The van der Waals surface area contributed by atoms with Gasteiger partial charge in [0.25, 0.3) is 11.2 Å². The van der Waals surface area contributed by atoms with Crippen molar-refractivity contribution in [3.05, 3.63) is 0 Å². The zero-order valence-corrected chi connectivity index (χ0v) is 58.3. The van der Waals surface area contributed by atoms with Crippen LogP contribution in [0, 0.1) is 17.3 Å². The van der Waals surface area contributed by atoms with E-state index in [1.165, 1.54) is 175 Å². The van der Waals surface area contributed by atoms with Crippen molar-refractivity contribution in [3.63, 3.8) is 0 Å². The summed E-state index contributed by atoms with van der Waals surface area (Å²) in [5.74, 6) is -11.0. The molecule has 0 radical (unpaired) electrons. The van der Waals surface area contributed by atoms with Crippen LogP contribution in [0.4, 0.5) is 0 Å². The first-order chi connectivity index (χ1) is 42.3. The summed E-state index contributed by atoms with van der Waals surface area (Å²) in [4.78, 5) is 99.8. The number of esters is 5. The molecular weight excluding hydrogens is 1110 g/mol. The molecule has 0 aromatic rings. The minimum absolute atomic E-state index is 0.130. The van der Waals surface area contributed by atoms with E-state index < -0.39 is 89.6 Å². The highest BCUT2D eigenvalue weighted by molar-refractivity contribution is 5.90. The molecule has 0 amide bonds. The Kier molecular flexibility index (Phi) is 52.7. The molecule has 0 bridgehead atoms. The van der Waals surface area contributed by atoms with Gasteiger partial charge in [0.15, 0.2) is 0 Å². The third kappa shape index (κ3) is 41.6. The second-order valence-corrected chi connectivity index (χ2v) is 27.3. The van der Waals surface area contributed by atoms with E-state index in [1.807, 2.05) is 0 Å². The third-order valence-electron chi connectivity index (χ3n) is 17.6. The van der Waals surface area contributed by atoms with Crippen molar-refractivity contribution < 1.29 is 67.5 Å². The lowest BCUT2D eigenvalue weighted by atomic mass is 9.82. The molecule has 14 nitrogen and oxygen atoms in total. The smallest absolute Gasteiger partial charge is 0.356 e. The predicted molar refractivity (Wildman–Crippen MR) is 356 cm³/mol. The van der Waals surface area contributed by atoms with Crippen LogP contribution < -0.4 is 0 Å². The van der Waals surface area contributed by atoms with Gasteiger partial charge >= 0.3 is 41.8 Å². The maximum Gasteiger partial charge on any atom is 0.356 e. The van der Waals surface area contributed by atoms with Crippen LogP contribution in [-0.2, 0) is 57.2 Å². The first-order valence-corrected chi connectivity index (χ1v) is 36.7. The number of carbonyl (C=O) groups excluding carboxylic acids is 5. The average molecular weight is 1250 g/mol. The molecule has 0 rings (SSSR count). The molecule has 0 aromatic carbocycles. The van der Waals surface area contributed by atoms with Crippen LogP contribution in [0.15, 0.2) is 0 Å². The number of hydrogen-bond donors (Lipinski definition) is 2. The number of rotatable bonds is 63. The highest BCUT2D eigenvalue weighted by Gasteiger charge is 2.69. The molecule has 0 aliphatic heterocycles. The zero-order valence-electron chi connectivity index (χ0n) is 58.3. The second-order valence-electron chi connectivity index (χ2n) is 27.3. The van der Waals surface area contributed by atoms with Crippen molar-refractivity contribution >= 4 is 41.8 Å². The summed E-state index contributed by atoms with van der Waals surface area (Å²) in [5, 5.41) is 23.3. The van der Waals surface area contributed by atoms with Gasteiger partial charge in [-0.15, -0.1) is 0 Å². The first-order valence-electron chi connectivity index (χ1n) is 36.7. The van der Waals surface area contributed by atoms with Crippen LogP contribution >= 0.6 is 0 Å². The number of unbranched alkanes of at least 4 members (excludes halogenated alkanes) is 42. The number of aliphatic carboxylic acids is 2. The number of ether oxygens (including phenoxy) is 5. The fourth-order valence-corrected chi connectivity index (χ4v) is 11.4. The molecule has 0 spiro atoms. The van der Waals surface area contributed by atoms with E-state index in [0.717, 1.165) is 103 Å². The van der Waals surface area contributed by atoms with Gasteiger partial charge in [0.05, 0.1) is 17.3 Å². The molecule has 88 heavy (non-hydrogen) atoms. The van der Waals surface area contributed by atoms with E-state index in [-0.39, 0.29) is 25.7 Å². The molecular formula is C74H136O14. The molecule has 0 aromatic heterocycles. The molecule has 14 heteroatoms. The van der Waals surface area contributed by atoms with Crippen LogP contribution in [0.1, 0.15) is 383 Å². The monoisotopic (exact) mass is 1250 g/mol. The maximum absolute atomic E-state index is 14.6. The molecule has 0 aliphatic rings. The van der Waals surface area contributed by atoms with Gasteiger partial charge in [-0.2, -0.15) is 0 Å². The van der Waals surface area contributed by atoms with Crippen LogP contribution in [0.2, 0.25) is 0 Å². The Morgan fingerprint density at radius 3 is 0.761 bits per heavy atom. The molecule has 516 valence electrons. The van der Waals surface area contributed by atoms with Crippen LogP contribution in [0.3, 0.4) is 0 Å². The van der Waals surface area contributed by atoms with Crippen LogP contribution in [-0.4, -0.2) is 82.5 Å². The number of hydrogen-bond acceptors (Lipinski definition) is 12. The Labute approximate surface area is 538 Å². The van der Waals surface area contributed by atoms with E-state index in [9.17, 15) is 43.8 Å². The van der Waals surface area contributed by atoms with Gasteiger partial charge in [-0.3, -0.25) is 24.0 Å². The van der Waals surface area contributed by atoms with Crippen molar-refractivity contribution in [3.8, 4) is 0 Å². The zero-order chi connectivity index (χ0) is 65.6. The van der Waals surface area contributed by atoms with Crippen molar-refractivity contribution in [2.45, 2.75) is 401 Å². The standard InChI is InChI=1S/C74H136O14/c1-10-14-18-22-26-30-34-38-40-44-48-52-56-62(5)66(77)87-73(69(79)80,60-84-64(75)58-54-50-46-42-36-32-28-24-20-16-12-3)68(86-71(83)72(7,8)9)74(70(81)82,61-85-65(76)59-55-51-47-43-37-33-29-25-21-17-13-4)88-67(78)63(6)57-53-49-45-41-39-35-31-27-23-19-15-11-2/h62-63,68H,10-61H2,1-9H3,(H,79,80)(H,81,82). The molecule has 0 saturated heterocycles. The van der Waals surface area contributed by atoms with Crippen LogP contribution in [0.25, 0.3) is 0 Å². The molecule has 0 fully saturated rings. The summed E-state index contributed by atoms with van der Waals surface area (Å²) in [6.45, 7) is 13.7. The van der Waals surface area contributed by atoms with Gasteiger partial charge in [0, 0.05) is 12.8 Å². The van der Waals surface area contributed by atoms with E-state index in [2.05, 4.69) is 27.7 Å². The van der Waals surface area contributed by atoms with Gasteiger partial charge < -0.3 is 33.9 Å². The van der Waals surface area contributed by atoms with Gasteiger partial charge in [-0.1, -0.05) is 324 Å². The quantitative estimate of drug-likeness (QED) is 0.0330. The van der Waals surface area contributed by atoms with Crippen LogP contribution in [0.5, 0.6) is 0 Å². The van der Waals surface area contributed by atoms with Gasteiger partial charge in [-0.25, -0.2) is 9.59 Å². The first kappa shape index (κ1) is 84.3. The Balaban J connectivity index is 7.15. The van der Waals surface area contributed by atoms with E-state index in [1.54, 1.807) is 13.8 Å². The molecule has 4 unspecified atom stereocenters. The normalized spacial score (nSPS) is 14.1. The topological polar surface area (TPSA) is 206 Å². The maximum atomic E-state index is 14.6. The largest absolute Gasteiger partial charge is 0.478 e. The fourth-order valence-electron chi connectivity index (χ4n) is 11.4. The third-order valence-corrected chi connectivity index (χ3v) is 17.6. The Hall–Kier alpha value is -3.71. The lowest BCUT2D eigenvalue weighted by molar-refractivity contribution is -0.252. The molecule has 2 N–H and O–H groups in total. The minimum Gasteiger partial charge on any atom is -0.478 e. The van der Waals surface area contributed by atoms with E-state index >= 15 is 0 Å². The summed E-state index contributed by atoms with van der Waals surface area (Å²) in [6, 6.07) is 0. The number of carbonyl (C=O) groups is 7. The summed E-state index contributed by atoms with van der Waals surface area (Å²) < 4.78 is 29.7. The van der Waals surface area contributed by atoms with Crippen molar-refractivity contribution in [2.24, 2.45) is 17.3 Å². The number of carboxylic acid groups (broad SMARTS) is 2. The predicted octanol–water partition coefficient (Wildman–Crippen LogP) is 20.6. The summed E-state index contributed by atoms with van der Waals surface area (Å²) >= 11 is 0. The summed E-state index contributed by atoms with van der Waals surface area (Å²) in [6.07, 6.45) is 46.5. The SMILES string of the molecule is CCCCCCCCCCCCCCC(C)C(=O)OC(COC(=O)CCCCCCCCCCCCC)(C(=O)O)C(OC(=O)C(C)(C)C)C(COC(=O)CCCCCCCCCCCCC)(OC(=O)C(C)CCCCCCCCCCCCCC)C(=O)O. The highest BCUT2D eigenvalue weighted by atomic mass is 16.7. The van der Waals surface area contributed by atoms with Gasteiger partial charge in [-0.05, 0) is 46.5 Å². The van der Waals surface area contributed by atoms with E-state index in [0.29, 0.717) is 38.5 Å². The minimum atomic E-state index is -3.34. The second kappa shape index (κ2) is 55.0. The molecule has 0 saturated carbocycles. The molecule has 4 atom stereocenters. The van der Waals surface area contributed by atoms with Gasteiger partial charge in [0.1, 0.15) is 13.2 Å². The average Bonchev–Trinajstić information content (AvgIpc) is 0.817.